The molecule has 0 nitrogen and oxygen atoms in total. The third-order valence-electron chi connectivity index (χ3n) is 5.99. The number of hydrogen-bond acceptors (Lipinski definition) is 0. The fourth-order valence-corrected chi connectivity index (χ4v) is 4.77. The Balaban J connectivity index is 1.91. The molecule has 0 heteroatoms. The van der Waals surface area contributed by atoms with E-state index in [2.05, 4.69) is 99.6 Å². The van der Waals surface area contributed by atoms with Gasteiger partial charge in [0.15, 0.2) is 0 Å². The molecule has 0 unspecified atom stereocenters. The normalized spacial score (nSPS) is 14.3. The molecule has 0 atom stereocenters. The first-order valence-corrected chi connectivity index (χ1v) is 9.31. The minimum absolute atomic E-state index is 0.00419. The second-order valence-corrected chi connectivity index (χ2v) is 7.88. The molecule has 0 aromatic heterocycles. The largest absolute Gasteiger partial charge is 0.0619 e. The van der Waals surface area contributed by atoms with Gasteiger partial charge in [-0.3, -0.25) is 0 Å². The number of fused-ring (bicyclic) bond motifs is 4. The van der Waals surface area contributed by atoms with Crippen molar-refractivity contribution in [2.24, 2.45) is 0 Å². The summed E-state index contributed by atoms with van der Waals surface area (Å²) in [4.78, 5) is 0. The van der Waals surface area contributed by atoms with Crippen LogP contribution in [0.15, 0.2) is 78.9 Å². The minimum atomic E-state index is 0.00419. The fraction of sp³-hybridized carbons (Fsp3) is 0.154. The lowest BCUT2D eigenvalue weighted by Gasteiger charge is -2.25. The number of benzene rings is 4. The minimum Gasteiger partial charge on any atom is -0.0619 e. The van der Waals surface area contributed by atoms with E-state index in [1.165, 1.54) is 49.7 Å². The Bertz CT molecular complexity index is 1160. The van der Waals surface area contributed by atoms with Gasteiger partial charge in [-0.2, -0.15) is 0 Å². The van der Waals surface area contributed by atoms with Crippen LogP contribution in [0, 0.1) is 6.92 Å². The number of rotatable bonds is 1. The highest BCUT2D eigenvalue weighted by molar-refractivity contribution is 6.00. The average molecular weight is 334 g/mol. The predicted octanol–water partition coefficient (Wildman–Crippen LogP) is 7.12. The van der Waals surface area contributed by atoms with Gasteiger partial charge < -0.3 is 0 Å². The van der Waals surface area contributed by atoms with Crippen LogP contribution >= 0.6 is 0 Å². The lowest BCUT2D eigenvalue weighted by atomic mass is 9.78. The Hall–Kier alpha value is -2.86. The molecule has 0 aliphatic heterocycles. The van der Waals surface area contributed by atoms with E-state index in [1.807, 2.05) is 0 Å². The van der Waals surface area contributed by atoms with Crippen molar-refractivity contribution in [2.45, 2.75) is 26.2 Å². The van der Waals surface area contributed by atoms with Crippen molar-refractivity contribution < 1.29 is 0 Å². The molecule has 4 aromatic carbocycles. The molecule has 0 radical (unpaired) electrons. The van der Waals surface area contributed by atoms with Crippen molar-refractivity contribution >= 4 is 10.8 Å². The van der Waals surface area contributed by atoms with Gasteiger partial charge in [-0.05, 0) is 56.6 Å². The van der Waals surface area contributed by atoms with Crippen LogP contribution in [0.2, 0.25) is 0 Å². The molecule has 26 heavy (non-hydrogen) atoms. The Morgan fingerprint density at radius 3 is 2.19 bits per heavy atom. The summed E-state index contributed by atoms with van der Waals surface area (Å²) in [6, 6.07) is 28.9. The zero-order valence-electron chi connectivity index (χ0n) is 15.5. The summed E-state index contributed by atoms with van der Waals surface area (Å²) in [5, 5.41) is 2.63. The smallest absolute Gasteiger partial charge is 0.0165 e. The maximum absolute atomic E-state index is 2.37. The average Bonchev–Trinajstić information content (AvgIpc) is 2.91. The highest BCUT2D eigenvalue weighted by Crippen LogP contribution is 2.53. The van der Waals surface area contributed by atoms with E-state index in [0.29, 0.717) is 0 Å². The molecule has 0 amide bonds. The summed E-state index contributed by atoms with van der Waals surface area (Å²) in [7, 11) is 0. The quantitative estimate of drug-likeness (QED) is 0.347. The molecule has 0 N–H and O–H groups in total. The van der Waals surface area contributed by atoms with Crippen LogP contribution in [0.5, 0.6) is 0 Å². The lowest BCUT2D eigenvalue weighted by Crippen LogP contribution is -2.16. The van der Waals surface area contributed by atoms with E-state index >= 15 is 0 Å². The van der Waals surface area contributed by atoms with Crippen molar-refractivity contribution in [1.29, 1.82) is 0 Å². The second-order valence-electron chi connectivity index (χ2n) is 7.88. The molecule has 0 saturated carbocycles. The van der Waals surface area contributed by atoms with Crippen LogP contribution in [0.1, 0.15) is 30.5 Å². The Labute approximate surface area is 155 Å². The number of hydrogen-bond donors (Lipinski definition) is 0. The van der Waals surface area contributed by atoms with Crippen molar-refractivity contribution in [3.05, 3.63) is 95.6 Å². The van der Waals surface area contributed by atoms with E-state index in [9.17, 15) is 0 Å². The summed E-state index contributed by atoms with van der Waals surface area (Å²) >= 11 is 0. The first-order chi connectivity index (χ1) is 12.6. The lowest BCUT2D eigenvalue weighted by molar-refractivity contribution is 0.662. The van der Waals surface area contributed by atoms with Crippen LogP contribution in [-0.4, -0.2) is 0 Å². The third-order valence-corrected chi connectivity index (χ3v) is 5.99. The standard InChI is InChI=1S/C26H22/c1-17-15-16-21(20-13-8-10-18-9-4-5-11-19(18)20)25-24(17)22-12-6-7-14-23(22)26(25,2)3/h4-16H,1-3H3. The topological polar surface area (TPSA) is 0 Å². The maximum atomic E-state index is 2.37. The SMILES string of the molecule is Cc1ccc(-c2cccc3ccccc23)c2c1-c1ccccc1C2(C)C. The molecule has 1 aliphatic rings. The van der Waals surface area contributed by atoms with Gasteiger partial charge in [-0.15, -0.1) is 0 Å². The summed E-state index contributed by atoms with van der Waals surface area (Å²) < 4.78 is 0. The second kappa shape index (κ2) is 5.32. The highest BCUT2D eigenvalue weighted by atomic mass is 14.4. The molecule has 4 aromatic rings. The van der Waals surface area contributed by atoms with Crippen LogP contribution in [0.3, 0.4) is 0 Å². The Morgan fingerprint density at radius 1 is 0.615 bits per heavy atom. The van der Waals surface area contributed by atoms with E-state index in [0.717, 1.165) is 0 Å². The molecular weight excluding hydrogens is 312 g/mol. The molecule has 0 saturated heterocycles. The molecule has 0 fully saturated rings. The van der Waals surface area contributed by atoms with Gasteiger partial charge in [0.2, 0.25) is 0 Å². The van der Waals surface area contributed by atoms with E-state index in [1.54, 1.807) is 0 Å². The molecule has 1 aliphatic carbocycles. The van der Waals surface area contributed by atoms with Crippen LogP contribution < -0.4 is 0 Å². The van der Waals surface area contributed by atoms with Gasteiger partial charge in [0, 0.05) is 5.41 Å². The molecule has 126 valence electrons. The van der Waals surface area contributed by atoms with Crippen LogP contribution in [0.25, 0.3) is 33.0 Å². The molecule has 0 heterocycles. The zero-order valence-corrected chi connectivity index (χ0v) is 15.5. The van der Waals surface area contributed by atoms with E-state index < -0.39 is 0 Å². The van der Waals surface area contributed by atoms with Crippen molar-refractivity contribution in [2.75, 3.05) is 0 Å². The van der Waals surface area contributed by atoms with Crippen molar-refractivity contribution in [3.8, 4) is 22.3 Å². The van der Waals surface area contributed by atoms with Crippen LogP contribution in [0.4, 0.5) is 0 Å². The monoisotopic (exact) mass is 334 g/mol. The highest BCUT2D eigenvalue weighted by Gasteiger charge is 2.38. The molecular formula is C26H22. The van der Waals surface area contributed by atoms with Crippen molar-refractivity contribution in [1.82, 2.24) is 0 Å². The van der Waals surface area contributed by atoms with Crippen molar-refractivity contribution in [3.63, 3.8) is 0 Å². The third kappa shape index (κ3) is 1.96. The summed E-state index contributed by atoms with van der Waals surface area (Å²) in [5.41, 5.74) is 9.79. The van der Waals surface area contributed by atoms with Gasteiger partial charge in [-0.25, -0.2) is 0 Å². The summed E-state index contributed by atoms with van der Waals surface area (Å²) in [5.74, 6) is 0. The fourth-order valence-electron chi connectivity index (χ4n) is 4.77. The van der Waals surface area contributed by atoms with E-state index in [4.69, 9.17) is 0 Å². The Morgan fingerprint density at radius 2 is 1.31 bits per heavy atom. The summed E-state index contributed by atoms with van der Waals surface area (Å²) in [6.45, 7) is 6.97. The first-order valence-electron chi connectivity index (χ1n) is 9.31. The maximum Gasteiger partial charge on any atom is 0.0165 e. The summed E-state index contributed by atoms with van der Waals surface area (Å²) in [6.07, 6.45) is 0. The van der Waals surface area contributed by atoms with Gasteiger partial charge in [0.1, 0.15) is 0 Å². The van der Waals surface area contributed by atoms with Crippen LogP contribution in [-0.2, 0) is 5.41 Å². The van der Waals surface area contributed by atoms with Gasteiger partial charge >= 0.3 is 0 Å². The number of aryl methyl sites for hydroxylation is 1. The first kappa shape index (κ1) is 15.4. The molecule has 0 spiro atoms. The molecule has 5 rings (SSSR count). The van der Waals surface area contributed by atoms with E-state index in [-0.39, 0.29) is 5.41 Å². The Kier molecular flexibility index (Phi) is 3.15. The molecule has 0 bridgehead atoms. The van der Waals surface area contributed by atoms with Gasteiger partial charge in [-0.1, -0.05) is 92.7 Å². The van der Waals surface area contributed by atoms with Gasteiger partial charge in [0.25, 0.3) is 0 Å². The predicted molar refractivity (Wildman–Crippen MR) is 112 cm³/mol. The zero-order chi connectivity index (χ0) is 17.9. The van der Waals surface area contributed by atoms with Gasteiger partial charge in [0.05, 0.1) is 0 Å².